The number of nitrogens with zero attached hydrogens (tertiary/aromatic N) is 1. The highest BCUT2D eigenvalue weighted by Gasteiger charge is 2.09. The van der Waals surface area contributed by atoms with Crippen LogP contribution in [0.1, 0.15) is 19.4 Å². The Morgan fingerprint density at radius 2 is 1.94 bits per heavy atom. The molecule has 0 saturated heterocycles. The van der Waals surface area contributed by atoms with E-state index in [2.05, 4.69) is 24.1 Å². The van der Waals surface area contributed by atoms with Gasteiger partial charge in [0.15, 0.2) is 0 Å². The summed E-state index contributed by atoms with van der Waals surface area (Å²) in [5.74, 6) is -0.283. The summed E-state index contributed by atoms with van der Waals surface area (Å²) in [6, 6.07) is 9.97. The van der Waals surface area contributed by atoms with Gasteiger partial charge >= 0.3 is 0 Å². The Kier molecular flexibility index (Phi) is 4.05. The second kappa shape index (κ2) is 5.74. The van der Waals surface area contributed by atoms with Crippen LogP contribution in [-0.4, -0.2) is 11.0 Å². The van der Waals surface area contributed by atoms with Crippen molar-refractivity contribution in [1.29, 1.82) is 0 Å². The number of rotatable bonds is 4. The third-order valence-electron chi connectivity index (χ3n) is 2.78. The van der Waals surface area contributed by atoms with Gasteiger partial charge in [0.1, 0.15) is 5.82 Å². The molecule has 0 aliphatic rings. The zero-order chi connectivity index (χ0) is 13.0. The van der Waals surface area contributed by atoms with Gasteiger partial charge < -0.3 is 5.32 Å². The smallest absolute Gasteiger partial charge is 0.149 e. The maximum Gasteiger partial charge on any atom is 0.149 e. The number of nitrogens with one attached hydrogen (secondary N) is 1. The fourth-order valence-corrected chi connectivity index (χ4v) is 1.84. The third kappa shape index (κ3) is 2.93. The summed E-state index contributed by atoms with van der Waals surface area (Å²) in [5, 5.41) is 3.35. The lowest BCUT2D eigenvalue weighted by atomic mass is 10.00. The molecule has 94 valence electrons. The number of pyridine rings is 1. The lowest BCUT2D eigenvalue weighted by Gasteiger charge is -2.13. The average Bonchev–Trinajstić information content (AvgIpc) is 2.37. The molecule has 0 aliphatic carbocycles. The number of hydrogen-bond donors (Lipinski definition) is 1. The number of halogens is 1. The molecule has 0 atom stereocenters. The summed E-state index contributed by atoms with van der Waals surface area (Å²) in [7, 11) is 0. The van der Waals surface area contributed by atoms with E-state index in [4.69, 9.17) is 0 Å². The molecule has 2 rings (SSSR count). The molecule has 0 radical (unpaired) electrons. The topological polar surface area (TPSA) is 24.9 Å². The fourth-order valence-electron chi connectivity index (χ4n) is 1.84. The lowest BCUT2D eigenvalue weighted by Crippen LogP contribution is -2.22. The average molecular weight is 244 g/mol. The van der Waals surface area contributed by atoms with E-state index >= 15 is 0 Å². The summed E-state index contributed by atoms with van der Waals surface area (Å²) >= 11 is 0. The Morgan fingerprint density at radius 1 is 1.17 bits per heavy atom. The van der Waals surface area contributed by atoms with Crippen molar-refractivity contribution in [1.82, 2.24) is 10.3 Å². The molecule has 0 aliphatic heterocycles. The standard InChI is InChI=1S/C15H17FN2/c1-11(2)18-9-12-5-3-4-6-13(12)14-7-8-17-10-15(14)16/h3-8,10-11,18H,9H2,1-2H3. The van der Waals surface area contributed by atoms with Crippen LogP contribution in [0, 0.1) is 5.82 Å². The van der Waals surface area contributed by atoms with Gasteiger partial charge in [-0.2, -0.15) is 0 Å². The molecule has 0 spiro atoms. The molecule has 1 N–H and O–H groups in total. The van der Waals surface area contributed by atoms with Gasteiger partial charge in [-0.1, -0.05) is 38.1 Å². The first-order valence-electron chi connectivity index (χ1n) is 6.09. The van der Waals surface area contributed by atoms with Crippen molar-refractivity contribution >= 4 is 0 Å². The van der Waals surface area contributed by atoms with Gasteiger partial charge in [-0.25, -0.2) is 4.39 Å². The zero-order valence-electron chi connectivity index (χ0n) is 10.7. The number of benzene rings is 1. The summed E-state index contributed by atoms with van der Waals surface area (Å²) in [6.45, 7) is 4.92. The van der Waals surface area contributed by atoms with Crippen LogP contribution < -0.4 is 5.32 Å². The van der Waals surface area contributed by atoms with Gasteiger partial charge in [-0.15, -0.1) is 0 Å². The molecule has 1 aromatic carbocycles. The van der Waals surface area contributed by atoms with E-state index in [1.807, 2.05) is 24.3 Å². The van der Waals surface area contributed by atoms with Crippen LogP contribution in [0.5, 0.6) is 0 Å². The van der Waals surface area contributed by atoms with E-state index in [0.717, 1.165) is 17.7 Å². The number of aromatic nitrogens is 1. The normalized spacial score (nSPS) is 10.9. The SMILES string of the molecule is CC(C)NCc1ccccc1-c1ccncc1F. The second-order valence-electron chi connectivity index (χ2n) is 4.55. The molecule has 1 aromatic heterocycles. The summed E-state index contributed by atoms with van der Waals surface area (Å²) in [6.07, 6.45) is 2.87. The highest BCUT2D eigenvalue weighted by molar-refractivity contribution is 5.67. The Morgan fingerprint density at radius 3 is 2.67 bits per heavy atom. The van der Waals surface area contributed by atoms with Crippen molar-refractivity contribution in [2.75, 3.05) is 0 Å². The van der Waals surface area contributed by atoms with Gasteiger partial charge in [-0.05, 0) is 17.2 Å². The molecule has 0 fully saturated rings. The highest BCUT2D eigenvalue weighted by atomic mass is 19.1. The van der Waals surface area contributed by atoms with E-state index in [0.29, 0.717) is 11.6 Å². The minimum atomic E-state index is -0.283. The summed E-state index contributed by atoms with van der Waals surface area (Å²) < 4.78 is 13.8. The summed E-state index contributed by atoms with van der Waals surface area (Å²) in [5.41, 5.74) is 2.62. The van der Waals surface area contributed by atoms with Crippen LogP contribution >= 0.6 is 0 Å². The maximum atomic E-state index is 13.8. The Balaban J connectivity index is 2.36. The van der Waals surface area contributed by atoms with Crippen molar-refractivity contribution in [3.63, 3.8) is 0 Å². The molecule has 1 heterocycles. The van der Waals surface area contributed by atoms with Crippen LogP contribution in [-0.2, 0) is 6.54 Å². The van der Waals surface area contributed by atoms with E-state index in [1.54, 1.807) is 12.3 Å². The number of hydrogen-bond acceptors (Lipinski definition) is 2. The van der Waals surface area contributed by atoms with E-state index in [-0.39, 0.29) is 5.82 Å². The molecule has 3 heteroatoms. The molecule has 2 nitrogen and oxygen atoms in total. The van der Waals surface area contributed by atoms with Gasteiger partial charge in [0, 0.05) is 24.3 Å². The molecular formula is C15H17FN2. The van der Waals surface area contributed by atoms with Gasteiger partial charge in [0.2, 0.25) is 0 Å². The molecule has 0 amide bonds. The minimum absolute atomic E-state index is 0.283. The minimum Gasteiger partial charge on any atom is -0.310 e. The maximum absolute atomic E-state index is 13.8. The second-order valence-corrected chi connectivity index (χ2v) is 4.55. The zero-order valence-corrected chi connectivity index (χ0v) is 10.7. The highest BCUT2D eigenvalue weighted by Crippen LogP contribution is 2.25. The van der Waals surface area contributed by atoms with Crippen molar-refractivity contribution < 1.29 is 4.39 Å². The Hall–Kier alpha value is -1.74. The van der Waals surface area contributed by atoms with Crippen molar-refractivity contribution in [2.24, 2.45) is 0 Å². The first-order valence-corrected chi connectivity index (χ1v) is 6.09. The first kappa shape index (κ1) is 12.7. The van der Waals surface area contributed by atoms with Crippen LogP contribution in [0.4, 0.5) is 4.39 Å². The lowest BCUT2D eigenvalue weighted by molar-refractivity contribution is 0.588. The fraction of sp³-hybridized carbons (Fsp3) is 0.267. The van der Waals surface area contributed by atoms with E-state index in [1.165, 1.54) is 6.20 Å². The Labute approximate surface area is 107 Å². The van der Waals surface area contributed by atoms with Crippen LogP contribution in [0.3, 0.4) is 0 Å². The van der Waals surface area contributed by atoms with Crippen molar-refractivity contribution in [3.8, 4) is 11.1 Å². The van der Waals surface area contributed by atoms with Crippen molar-refractivity contribution in [2.45, 2.75) is 26.4 Å². The van der Waals surface area contributed by atoms with Crippen molar-refractivity contribution in [3.05, 3.63) is 54.1 Å². The predicted molar refractivity (Wildman–Crippen MR) is 71.6 cm³/mol. The van der Waals surface area contributed by atoms with Crippen LogP contribution in [0.25, 0.3) is 11.1 Å². The molecule has 0 bridgehead atoms. The molecule has 18 heavy (non-hydrogen) atoms. The monoisotopic (exact) mass is 244 g/mol. The van der Waals surface area contributed by atoms with E-state index in [9.17, 15) is 4.39 Å². The molecular weight excluding hydrogens is 227 g/mol. The van der Waals surface area contributed by atoms with E-state index < -0.39 is 0 Å². The third-order valence-corrected chi connectivity index (χ3v) is 2.78. The first-order chi connectivity index (χ1) is 8.68. The van der Waals surface area contributed by atoms with Gasteiger partial charge in [0.25, 0.3) is 0 Å². The predicted octanol–water partition coefficient (Wildman–Crippen LogP) is 3.39. The van der Waals surface area contributed by atoms with Crippen LogP contribution in [0.2, 0.25) is 0 Å². The molecule has 0 unspecified atom stereocenters. The molecule has 2 aromatic rings. The molecule has 0 saturated carbocycles. The van der Waals surface area contributed by atoms with Gasteiger partial charge in [-0.3, -0.25) is 4.98 Å². The Bertz CT molecular complexity index is 523. The van der Waals surface area contributed by atoms with Crippen LogP contribution in [0.15, 0.2) is 42.7 Å². The van der Waals surface area contributed by atoms with Gasteiger partial charge in [0.05, 0.1) is 6.20 Å². The largest absolute Gasteiger partial charge is 0.310 e. The quantitative estimate of drug-likeness (QED) is 0.891. The summed E-state index contributed by atoms with van der Waals surface area (Å²) in [4.78, 5) is 3.78.